The van der Waals surface area contributed by atoms with Gasteiger partial charge in [-0.15, -0.1) is 0 Å². The normalized spacial score (nSPS) is 13.8. The second-order valence-corrected chi connectivity index (χ2v) is 9.20. The number of benzene rings is 2. The zero-order chi connectivity index (χ0) is 25.7. The molecule has 2 heterocycles. The van der Waals surface area contributed by atoms with E-state index in [0.717, 1.165) is 37.4 Å². The van der Waals surface area contributed by atoms with E-state index in [1.165, 1.54) is 13.1 Å². The van der Waals surface area contributed by atoms with E-state index in [0.29, 0.717) is 34.6 Å². The highest BCUT2D eigenvalue weighted by Gasteiger charge is 2.19. The van der Waals surface area contributed by atoms with Gasteiger partial charge in [0.15, 0.2) is 5.82 Å². The molecule has 0 radical (unpaired) electrons. The van der Waals surface area contributed by atoms with Gasteiger partial charge in [0.2, 0.25) is 17.8 Å². The van der Waals surface area contributed by atoms with Crippen LogP contribution in [0.2, 0.25) is 5.02 Å². The minimum atomic E-state index is -0.0888. The maximum atomic E-state index is 12.6. The molecule has 0 bridgehead atoms. The fourth-order valence-corrected chi connectivity index (χ4v) is 4.00. The number of hydrogen-bond donors (Lipinski definition) is 2. The highest BCUT2D eigenvalue weighted by atomic mass is 35.5. The quantitative estimate of drug-likeness (QED) is 0.500. The van der Waals surface area contributed by atoms with Crippen molar-refractivity contribution in [3.05, 3.63) is 65.3 Å². The first kappa shape index (κ1) is 25.4. The average molecular weight is 508 g/mol. The van der Waals surface area contributed by atoms with Gasteiger partial charge in [-0.25, -0.2) is 4.98 Å². The van der Waals surface area contributed by atoms with E-state index in [-0.39, 0.29) is 11.8 Å². The Morgan fingerprint density at radius 1 is 1.03 bits per heavy atom. The first-order valence-electron chi connectivity index (χ1n) is 11.8. The van der Waals surface area contributed by atoms with Gasteiger partial charge >= 0.3 is 0 Å². The van der Waals surface area contributed by atoms with Gasteiger partial charge in [0.25, 0.3) is 0 Å². The number of hydrogen-bond acceptors (Lipinski definition) is 7. The second-order valence-electron chi connectivity index (χ2n) is 8.79. The first-order valence-corrected chi connectivity index (χ1v) is 12.1. The summed E-state index contributed by atoms with van der Waals surface area (Å²) in [7, 11) is 3.78. The molecule has 1 saturated heterocycles. The zero-order valence-electron chi connectivity index (χ0n) is 20.7. The van der Waals surface area contributed by atoms with Crippen LogP contribution in [-0.2, 0) is 16.0 Å². The molecule has 9 nitrogen and oxygen atoms in total. The standard InChI is InChI=1S/C26H30ClN7O2/c1-18(35)33(3)23-7-5-4-6-22(23)30-25-21(27)17-28-26(31-25)29-20-10-8-19(9-11-20)16-24(36)34-14-12-32(2)13-15-34/h4-11,17H,12-16H2,1-3H3,(H2,28,29,30,31). The summed E-state index contributed by atoms with van der Waals surface area (Å²) in [6.07, 6.45) is 1.89. The third-order valence-corrected chi connectivity index (χ3v) is 6.43. The molecule has 2 amide bonds. The number of amides is 2. The van der Waals surface area contributed by atoms with Crippen LogP contribution in [0.1, 0.15) is 12.5 Å². The second kappa shape index (κ2) is 11.4. The van der Waals surface area contributed by atoms with Gasteiger partial charge in [-0.1, -0.05) is 35.9 Å². The lowest BCUT2D eigenvalue weighted by atomic mass is 10.1. The van der Waals surface area contributed by atoms with Crippen molar-refractivity contribution in [3.63, 3.8) is 0 Å². The van der Waals surface area contributed by atoms with Gasteiger partial charge in [-0.2, -0.15) is 4.98 Å². The van der Waals surface area contributed by atoms with Crippen molar-refractivity contribution in [1.82, 2.24) is 19.8 Å². The maximum absolute atomic E-state index is 12.6. The van der Waals surface area contributed by atoms with Crippen molar-refractivity contribution < 1.29 is 9.59 Å². The third-order valence-electron chi connectivity index (χ3n) is 6.16. The summed E-state index contributed by atoms with van der Waals surface area (Å²) >= 11 is 6.35. The number of anilines is 5. The van der Waals surface area contributed by atoms with E-state index in [4.69, 9.17) is 11.6 Å². The zero-order valence-corrected chi connectivity index (χ0v) is 21.4. The van der Waals surface area contributed by atoms with E-state index in [9.17, 15) is 9.59 Å². The molecule has 1 aromatic heterocycles. The monoisotopic (exact) mass is 507 g/mol. The van der Waals surface area contributed by atoms with Crippen LogP contribution in [0.5, 0.6) is 0 Å². The minimum Gasteiger partial charge on any atom is -0.340 e. The maximum Gasteiger partial charge on any atom is 0.229 e. The average Bonchev–Trinajstić information content (AvgIpc) is 2.87. The van der Waals surface area contributed by atoms with E-state index in [1.807, 2.05) is 53.4 Å². The van der Waals surface area contributed by atoms with Crippen molar-refractivity contribution >= 4 is 52.2 Å². The third kappa shape index (κ3) is 6.30. The largest absolute Gasteiger partial charge is 0.340 e. The highest BCUT2D eigenvalue weighted by Crippen LogP contribution is 2.31. The first-order chi connectivity index (χ1) is 17.3. The number of nitrogens with zero attached hydrogens (tertiary/aromatic N) is 5. The van der Waals surface area contributed by atoms with Crippen LogP contribution in [0.25, 0.3) is 0 Å². The molecule has 0 saturated carbocycles. The molecule has 3 aromatic rings. The minimum absolute atomic E-state index is 0.0888. The lowest BCUT2D eigenvalue weighted by molar-refractivity contribution is -0.132. The molecule has 0 unspecified atom stereocenters. The van der Waals surface area contributed by atoms with Crippen LogP contribution in [0.4, 0.5) is 28.8 Å². The van der Waals surface area contributed by atoms with Crippen LogP contribution >= 0.6 is 11.6 Å². The van der Waals surface area contributed by atoms with Gasteiger partial charge in [0.1, 0.15) is 5.02 Å². The Morgan fingerprint density at radius 3 is 2.42 bits per heavy atom. The summed E-state index contributed by atoms with van der Waals surface area (Å²) in [6.45, 7) is 4.87. The SMILES string of the molecule is CC(=O)N(C)c1ccccc1Nc1nc(Nc2ccc(CC(=O)N3CCN(C)CC3)cc2)ncc1Cl. The summed E-state index contributed by atoms with van der Waals surface area (Å²) in [5, 5.41) is 6.73. The van der Waals surface area contributed by atoms with Gasteiger partial charge < -0.3 is 25.3 Å². The highest BCUT2D eigenvalue weighted by molar-refractivity contribution is 6.33. The Labute approximate surface area is 216 Å². The molecular formula is C26H30ClN7O2. The number of rotatable bonds is 7. The Bertz CT molecular complexity index is 1230. The summed E-state index contributed by atoms with van der Waals surface area (Å²) in [4.78, 5) is 39.0. The molecule has 1 fully saturated rings. The van der Waals surface area contributed by atoms with Crippen molar-refractivity contribution in [2.75, 3.05) is 55.8 Å². The van der Waals surface area contributed by atoms with Gasteiger partial charge in [-0.3, -0.25) is 9.59 Å². The topological polar surface area (TPSA) is 93.7 Å². The number of carbonyl (C=O) groups is 2. The summed E-state index contributed by atoms with van der Waals surface area (Å²) in [6, 6.07) is 15.1. The predicted molar refractivity (Wildman–Crippen MR) is 143 cm³/mol. The van der Waals surface area contributed by atoms with E-state index >= 15 is 0 Å². The van der Waals surface area contributed by atoms with Gasteiger partial charge in [0, 0.05) is 45.8 Å². The number of nitrogens with one attached hydrogen (secondary N) is 2. The van der Waals surface area contributed by atoms with Crippen LogP contribution in [0.3, 0.4) is 0 Å². The number of likely N-dealkylation sites (N-methyl/N-ethyl adjacent to an activating group) is 1. The lowest BCUT2D eigenvalue weighted by Gasteiger charge is -2.32. The predicted octanol–water partition coefficient (Wildman–Crippen LogP) is 3.92. The molecule has 0 spiro atoms. The van der Waals surface area contributed by atoms with Crippen molar-refractivity contribution in [2.24, 2.45) is 0 Å². The van der Waals surface area contributed by atoms with Crippen LogP contribution in [-0.4, -0.2) is 71.9 Å². The van der Waals surface area contributed by atoms with E-state index in [1.54, 1.807) is 11.9 Å². The fourth-order valence-electron chi connectivity index (χ4n) is 3.86. The molecule has 0 atom stereocenters. The Morgan fingerprint density at radius 2 is 1.72 bits per heavy atom. The molecule has 1 aliphatic heterocycles. The van der Waals surface area contributed by atoms with E-state index < -0.39 is 0 Å². The summed E-state index contributed by atoms with van der Waals surface area (Å²) in [5.41, 5.74) is 3.14. The molecule has 188 valence electrons. The molecule has 1 aliphatic rings. The number of halogens is 1. The summed E-state index contributed by atoms with van der Waals surface area (Å²) < 4.78 is 0. The molecule has 2 aromatic carbocycles. The van der Waals surface area contributed by atoms with Crippen molar-refractivity contribution in [1.29, 1.82) is 0 Å². The lowest BCUT2D eigenvalue weighted by Crippen LogP contribution is -2.47. The van der Waals surface area contributed by atoms with Crippen LogP contribution in [0, 0.1) is 0 Å². The van der Waals surface area contributed by atoms with Crippen LogP contribution < -0.4 is 15.5 Å². The molecule has 2 N–H and O–H groups in total. The number of carbonyl (C=O) groups excluding carboxylic acids is 2. The molecule has 4 rings (SSSR count). The molecular weight excluding hydrogens is 478 g/mol. The Kier molecular flexibility index (Phi) is 8.02. The smallest absolute Gasteiger partial charge is 0.229 e. The van der Waals surface area contributed by atoms with Crippen molar-refractivity contribution in [2.45, 2.75) is 13.3 Å². The Balaban J connectivity index is 1.42. The van der Waals surface area contributed by atoms with Gasteiger partial charge in [-0.05, 0) is 36.9 Å². The molecule has 10 heteroatoms. The number of aromatic nitrogens is 2. The van der Waals surface area contributed by atoms with Gasteiger partial charge in [0.05, 0.1) is 24.0 Å². The number of piperazine rings is 1. The Hall–Kier alpha value is -3.69. The van der Waals surface area contributed by atoms with E-state index in [2.05, 4.69) is 32.5 Å². The molecule has 0 aliphatic carbocycles. The van der Waals surface area contributed by atoms with Crippen molar-refractivity contribution in [3.8, 4) is 0 Å². The molecule has 36 heavy (non-hydrogen) atoms. The number of para-hydroxylation sites is 2. The summed E-state index contributed by atoms with van der Waals surface area (Å²) in [5.74, 6) is 0.832. The van der Waals surface area contributed by atoms with Crippen LogP contribution in [0.15, 0.2) is 54.7 Å². The fraction of sp³-hybridized carbons (Fsp3) is 0.308.